The molecule has 24 heavy (non-hydrogen) atoms. The van der Waals surface area contributed by atoms with Gasteiger partial charge in [0.15, 0.2) is 0 Å². The summed E-state index contributed by atoms with van der Waals surface area (Å²) in [6, 6.07) is 6.24. The van der Waals surface area contributed by atoms with Gasteiger partial charge in [0, 0.05) is 39.2 Å². The molecule has 2 fully saturated rings. The van der Waals surface area contributed by atoms with E-state index >= 15 is 0 Å². The van der Waals surface area contributed by atoms with Gasteiger partial charge in [-0.05, 0) is 37.0 Å². The van der Waals surface area contributed by atoms with Crippen molar-refractivity contribution in [3.05, 3.63) is 35.6 Å². The molecule has 2 amide bonds. The molecule has 0 N–H and O–H groups in total. The molecule has 1 aromatic rings. The number of rotatable bonds is 4. The van der Waals surface area contributed by atoms with E-state index in [0.29, 0.717) is 45.6 Å². The molecular formula is C18H23FN2O3. The topological polar surface area (TPSA) is 49.9 Å². The first-order valence-electron chi connectivity index (χ1n) is 8.56. The van der Waals surface area contributed by atoms with Gasteiger partial charge in [-0.2, -0.15) is 0 Å². The van der Waals surface area contributed by atoms with E-state index < -0.39 is 0 Å². The van der Waals surface area contributed by atoms with Crippen molar-refractivity contribution in [2.75, 3.05) is 32.8 Å². The Labute approximate surface area is 141 Å². The third-order valence-corrected chi connectivity index (χ3v) is 4.69. The fourth-order valence-corrected chi connectivity index (χ4v) is 3.21. The van der Waals surface area contributed by atoms with Crippen molar-refractivity contribution in [2.45, 2.75) is 31.8 Å². The van der Waals surface area contributed by atoms with Crippen LogP contribution in [0.4, 0.5) is 4.39 Å². The average Bonchev–Trinajstić information content (AvgIpc) is 3.15. The maximum Gasteiger partial charge on any atom is 0.251 e. The van der Waals surface area contributed by atoms with E-state index in [4.69, 9.17) is 4.74 Å². The lowest BCUT2D eigenvalue weighted by atomic mass is 10.1. The molecule has 1 atom stereocenters. The van der Waals surface area contributed by atoms with Gasteiger partial charge in [-0.3, -0.25) is 9.59 Å². The van der Waals surface area contributed by atoms with Crippen LogP contribution in [0.3, 0.4) is 0 Å². The van der Waals surface area contributed by atoms with Gasteiger partial charge in [0.1, 0.15) is 11.9 Å². The fourth-order valence-electron chi connectivity index (χ4n) is 3.21. The van der Waals surface area contributed by atoms with Crippen molar-refractivity contribution in [1.82, 2.24) is 9.80 Å². The van der Waals surface area contributed by atoms with Crippen LogP contribution in [-0.4, -0.2) is 60.5 Å². The summed E-state index contributed by atoms with van der Waals surface area (Å²) in [6.45, 7) is 2.95. The Morgan fingerprint density at radius 2 is 1.75 bits per heavy atom. The summed E-state index contributed by atoms with van der Waals surface area (Å²) in [6.07, 6.45) is 2.47. The zero-order valence-electron chi connectivity index (χ0n) is 13.7. The van der Waals surface area contributed by atoms with Crippen LogP contribution >= 0.6 is 0 Å². The van der Waals surface area contributed by atoms with Gasteiger partial charge in [0.2, 0.25) is 5.91 Å². The molecule has 0 aromatic heterocycles. The number of ether oxygens (including phenoxy) is 1. The number of piperazine rings is 1. The van der Waals surface area contributed by atoms with Crippen LogP contribution in [0.1, 0.15) is 24.8 Å². The highest BCUT2D eigenvalue weighted by Crippen LogP contribution is 2.16. The maximum atomic E-state index is 12.9. The van der Waals surface area contributed by atoms with Crippen LogP contribution in [0.5, 0.6) is 0 Å². The summed E-state index contributed by atoms with van der Waals surface area (Å²) in [7, 11) is 0. The highest BCUT2D eigenvalue weighted by Gasteiger charge is 2.31. The zero-order valence-corrected chi connectivity index (χ0v) is 13.7. The molecule has 6 heteroatoms. The van der Waals surface area contributed by atoms with Crippen LogP contribution in [0, 0.1) is 5.82 Å². The normalized spacial score (nSPS) is 21.1. The standard InChI is InChI=1S/C18H23FN2O3/c19-15-6-3-14(4-7-15)5-8-17(22)20-9-11-21(12-10-20)18(23)16-2-1-13-24-16/h3-4,6-7,16H,1-2,5,8-13H2. The second-order valence-electron chi connectivity index (χ2n) is 6.33. The van der Waals surface area contributed by atoms with Gasteiger partial charge in [0.05, 0.1) is 0 Å². The number of aryl methyl sites for hydroxylation is 1. The molecule has 0 spiro atoms. The molecule has 1 aromatic carbocycles. The van der Waals surface area contributed by atoms with E-state index in [9.17, 15) is 14.0 Å². The van der Waals surface area contributed by atoms with Crippen LogP contribution in [0.25, 0.3) is 0 Å². The van der Waals surface area contributed by atoms with E-state index in [0.717, 1.165) is 18.4 Å². The monoisotopic (exact) mass is 334 g/mol. The SMILES string of the molecule is O=C(CCc1ccc(F)cc1)N1CCN(C(=O)C2CCCO2)CC1. The van der Waals surface area contributed by atoms with Crippen LogP contribution in [-0.2, 0) is 20.7 Å². The Morgan fingerprint density at radius 1 is 1.08 bits per heavy atom. The lowest BCUT2D eigenvalue weighted by Gasteiger charge is -2.35. The number of carbonyl (C=O) groups is 2. The number of hydrogen-bond donors (Lipinski definition) is 0. The molecular weight excluding hydrogens is 311 g/mol. The van der Waals surface area contributed by atoms with Crippen molar-refractivity contribution in [1.29, 1.82) is 0 Å². The minimum absolute atomic E-state index is 0.0610. The molecule has 2 heterocycles. The van der Waals surface area contributed by atoms with Crippen molar-refractivity contribution in [3.63, 3.8) is 0 Å². The molecule has 2 aliphatic rings. The quantitative estimate of drug-likeness (QED) is 0.840. The first-order valence-corrected chi connectivity index (χ1v) is 8.56. The number of hydrogen-bond acceptors (Lipinski definition) is 3. The number of halogens is 1. The van der Waals surface area contributed by atoms with Crippen molar-refractivity contribution < 1.29 is 18.7 Å². The van der Waals surface area contributed by atoms with Gasteiger partial charge in [-0.15, -0.1) is 0 Å². The van der Waals surface area contributed by atoms with Crippen molar-refractivity contribution in [2.24, 2.45) is 0 Å². The van der Waals surface area contributed by atoms with E-state index in [-0.39, 0.29) is 23.7 Å². The van der Waals surface area contributed by atoms with E-state index in [1.54, 1.807) is 17.0 Å². The Bertz CT molecular complexity index is 576. The Kier molecular flexibility index (Phi) is 5.45. The molecule has 0 radical (unpaired) electrons. The lowest BCUT2D eigenvalue weighted by molar-refractivity contribution is -0.146. The summed E-state index contributed by atoms with van der Waals surface area (Å²) in [5.41, 5.74) is 0.956. The predicted octanol–water partition coefficient (Wildman–Crippen LogP) is 1.61. The van der Waals surface area contributed by atoms with Gasteiger partial charge >= 0.3 is 0 Å². The number of carbonyl (C=O) groups excluding carboxylic acids is 2. The molecule has 5 nitrogen and oxygen atoms in total. The maximum absolute atomic E-state index is 12.9. The molecule has 0 bridgehead atoms. The van der Waals surface area contributed by atoms with Crippen molar-refractivity contribution >= 4 is 11.8 Å². The van der Waals surface area contributed by atoms with E-state index in [1.807, 2.05) is 4.90 Å². The summed E-state index contributed by atoms with van der Waals surface area (Å²) in [5, 5.41) is 0. The fraction of sp³-hybridized carbons (Fsp3) is 0.556. The number of nitrogens with zero attached hydrogens (tertiary/aromatic N) is 2. The third-order valence-electron chi connectivity index (χ3n) is 4.69. The van der Waals surface area contributed by atoms with Gasteiger partial charge in [0.25, 0.3) is 5.91 Å². The molecule has 0 saturated carbocycles. The number of benzene rings is 1. The molecule has 3 rings (SSSR count). The molecule has 2 aliphatic heterocycles. The minimum Gasteiger partial charge on any atom is -0.368 e. The third kappa shape index (κ3) is 4.12. The first kappa shape index (κ1) is 16.9. The largest absolute Gasteiger partial charge is 0.368 e. The van der Waals surface area contributed by atoms with Gasteiger partial charge < -0.3 is 14.5 Å². The Hall–Kier alpha value is -1.95. The van der Waals surface area contributed by atoms with E-state index in [2.05, 4.69) is 0 Å². The van der Waals surface area contributed by atoms with Gasteiger partial charge in [-0.1, -0.05) is 12.1 Å². The summed E-state index contributed by atoms with van der Waals surface area (Å²) in [5.74, 6) is -0.119. The summed E-state index contributed by atoms with van der Waals surface area (Å²) >= 11 is 0. The Balaban J connectivity index is 1.43. The van der Waals surface area contributed by atoms with Crippen molar-refractivity contribution in [3.8, 4) is 0 Å². The second kappa shape index (κ2) is 7.75. The first-order chi connectivity index (χ1) is 11.6. The predicted molar refractivity (Wildman–Crippen MR) is 86.9 cm³/mol. The molecule has 1 unspecified atom stereocenters. The second-order valence-corrected chi connectivity index (χ2v) is 6.33. The Morgan fingerprint density at radius 3 is 2.38 bits per heavy atom. The summed E-state index contributed by atoms with van der Waals surface area (Å²) < 4.78 is 18.3. The highest BCUT2D eigenvalue weighted by molar-refractivity contribution is 5.82. The molecule has 130 valence electrons. The molecule has 2 saturated heterocycles. The number of amides is 2. The van der Waals surface area contributed by atoms with Crippen LogP contribution < -0.4 is 0 Å². The average molecular weight is 334 g/mol. The summed E-state index contributed by atoms with van der Waals surface area (Å²) in [4.78, 5) is 28.2. The smallest absolute Gasteiger partial charge is 0.251 e. The zero-order chi connectivity index (χ0) is 16.9. The lowest BCUT2D eigenvalue weighted by Crippen LogP contribution is -2.52. The van der Waals surface area contributed by atoms with Crippen LogP contribution in [0.2, 0.25) is 0 Å². The van der Waals surface area contributed by atoms with E-state index in [1.165, 1.54) is 12.1 Å². The van der Waals surface area contributed by atoms with Gasteiger partial charge in [-0.25, -0.2) is 4.39 Å². The van der Waals surface area contributed by atoms with Crippen LogP contribution in [0.15, 0.2) is 24.3 Å². The highest BCUT2D eigenvalue weighted by atomic mass is 19.1. The minimum atomic E-state index is -0.286. The molecule has 0 aliphatic carbocycles.